The van der Waals surface area contributed by atoms with Crippen LogP contribution in [-0.2, 0) is 9.53 Å². The molecule has 6 nitrogen and oxygen atoms in total. The number of carbonyl (C=O) groups excluding carboxylic acids is 1. The third-order valence-electron chi connectivity index (χ3n) is 3.66. The van der Waals surface area contributed by atoms with E-state index >= 15 is 0 Å². The van der Waals surface area contributed by atoms with Crippen LogP contribution >= 0.6 is 15.9 Å². The number of benzene rings is 2. The van der Waals surface area contributed by atoms with E-state index in [-0.39, 0.29) is 12.6 Å². The van der Waals surface area contributed by atoms with E-state index in [0.29, 0.717) is 35.1 Å². The number of nitrogens with zero attached hydrogens (tertiary/aromatic N) is 2. The van der Waals surface area contributed by atoms with Gasteiger partial charge < -0.3 is 14.2 Å². The molecule has 3 rings (SSSR count). The summed E-state index contributed by atoms with van der Waals surface area (Å²) in [5, 5.41) is 8.50. The van der Waals surface area contributed by atoms with E-state index in [9.17, 15) is 4.79 Å². The van der Waals surface area contributed by atoms with Gasteiger partial charge in [-0.25, -0.2) is 4.79 Å². The average Bonchev–Trinajstić information content (AvgIpc) is 2.66. The van der Waals surface area contributed by atoms with E-state index in [1.165, 1.54) is 0 Å². The molecule has 1 aliphatic heterocycles. The Morgan fingerprint density at radius 2 is 2.08 bits per heavy atom. The van der Waals surface area contributed by atoms with Crippen molar-refractivity contribution >= 4 is 39.4 Å². The Morgan fingerprint density at radius 3 is 2.85 bits per heavy atom. The summed E-state index contributed by atoms with van der Waals surface area (Å²) in [5.41, 5.74) is 2.49. The lowest BCUT2D eigenvalue weighted by Crippen LogP contribution is -2.17. The van der Waals surface area contributed by atoms with Crippen LogP contribution in [0.1, 0.15) is 12.5 Å². The molecule has 0 N–H and O–H groups in total. The van der Waals surface area contributed by atoms with Crippen molar-refractivity contribution in [3.8, 4) is 11.5 Å². The van der Waals surface area contributed by atoms with Crippen molar-refractivity contribution < 1.29 is 19.0 Å². The summed E-state index contributed by atoms with van der Waals surface area (Å²) in [4.78, 5) is 11.9. The smallest absolute Gasteiger partial charge is 0.337 e. The highest BCUT2D eigenvalue weighted by molar-refractivity contribution is 9.10. The Balaban J connectivity index is 1.86. The minimum Gasteiger partial charge on any atom is -0.494 e. The largest absolute Gasteiger partial charge is 0.494 e. The van der Waals surface area contributed by atoms with Gasteiger partial charge in [0.05, 0.1) is 25.0 Å². The molecule has 0 bridgehead atoms. The number of hydrogen-bond acceptors (Lipinski definition) is 6. The predicted octanol–water partition coefficient (Wildman–Crippen LogP) is 5.21. The normalized spacial score (nSPS) is 13.0. The molecule has 1 aliphatic rings. The number of rotatable bonds is 5. The molecule has 1 heterocycles. The number of esters is 1. The zero-order valence-electron chi connectivity index (χ0n) is 14.4. The second kappa shape index (κ2) is 8.14. The van der Waals surface area contributed by atoms with Crippen LogP contribution in [0.15, 0.2) is 56.7 Å². The monoisotopic (exact) mass is 416 g/mol. The lowest BCUT2D eigenvalue weighted by molar-refractivity contribution is -0.138. The van der Waals surface area contributed by atoms with Gasteiger partial charge in [-0.3, -0.25) is 0 Å². The highest BCUT2D eigenvalue weighted by atomic mass is 79.9. The molecule has 2 aromatic rings. The molecule has 134 valence electrons. The Bertz CT molecular complexity index is 893. The van der Waals surface area contributed by atoms with Gasteiger partial charge in [-0.15, -0.1) is 5.11 Å². The standard InChI is InChI=1S/C19H17BrN2O4/c1-3-25-19(23)13-8-12-9-15(5-7-17(12)26-11-13)21-22-16-6-4-14(20)10-18(16)24-2/h4-10H,3,11H2,1-2H3. The third-order valence-corrected chi connectivity index (χ3v) is 4.15. The third kappa shape index (κ3) is 4.11. The molecule has 0 saturated heterocycles. The Morgan fingerprint density at radius 1 is 1.23 bits per heavy atom. The Labute approximate surface area is 159 Å². The lowest BCUT2D eigenvalue weighted by atomic mass is 10.1. The molecular weight excluding hydrogens is 400 g/mol. The molecule has 0 atom stereocenters. The van der Waals surface area contributed by atoms with E-state index in [0.717, 1.165) is 10.0 Å². The van der Waals surface area contributed by atoms with Crippen LogP contribution in [0.2, 0.25) is 0 Å². The van der Waals surface area contributed by atoms with E-state index in [4.69, 9.17) is 14.2 Å². The zero-order valence-corrected chi connectivity index (χ0v) is 15.9. The fraction of sp³-hybridized carbons (Fsp3) is 0.211. The van der Waals surface area contributed by atoms with Crippen LogP contribution in [0, 0.1) is 0 Å². The van der Waals surface area contributed by atoms with Crippen LogP contribution in [0.5, 0.6) is 11.5 Å². The molecule has 2 aromatic carbocycles. The predicted molar refractivity (Wildman–Crippen MR) is 101 cm³/mol. The van der Waals surface area contributed by atoms with Gasteiger partial charge in [0.25, 0.3) is 0 Å². The summed E-state index contributed by atoms with van der Waals surface area (Å²) < 4.78 is 16.8. The van der Waals surface area contributed by atoms with Gasteiger partial charge in [0.2, 0.25) is 0 Å². The van der Waals surface area contributed by atoms with Gasteiger partial charge in [0.1, 0.15) is 23.8 Å². The fourth-order valence-corrected chi connectivity index (χ4v) is 2.75. The van der Waals surface area contributed by atoms with Crippen molar-refractivity contribution in [3.05, 3.63) is 52.0 Å². The fourth-order valence-electron chi connectivity index (χ4n) is 2.41. The van der Waals surface area contributed by atoms with E-state index in [2.05, 4.69) is 26.2 Å². The highest BCUT2D eigenvalue weighted by Crippen LogP contribution is 2.34. The second-order valence-electron chi connectivity index (χ2n) is 5.42. The summed E-state index contributed by atoms with van der Waals surface area (Å²) in [5.74, 6) is 0.942. The van der Waals surface area contributed by atoms with Crippen molar-refractivity contribution in [1.82, 2.24) is 0 Å². The van der Waals surface area contributed by atoms with Crippen molar-refractivity contribution in [2.24, 2.45) is 10.2 Å². The van der Waals surface area contributed by atoms with Gasteiger partial charge in [-0.2, -0.15) is 5.11 Å². The van der Waals surface area contributed by atoms with Crippen LogP contribution < -0.4 is 9.47 Å². The SMILES string of the molecule is CCOC(=O)C1=Cc2cc(N=Nc3ccc(Br)cc3OC)ccc2OC1. The number of hydrogen-bond donors (Lipinski definition) is 0. The maximum atomic E-state index is 11.9. The van der Waals surface area contributed by atoms with Gasteiger partial charge in [0, 0.05) is 10.0 Å². The summed E-state index contributed by atoms with van der Waals surface area (Å²) in [6.07, 6.45) is 1.76. The number of fused-ring (bicyclic) bond motifs is 1. The quantitative estimate of drug-likeness (QED) is 0.495. The lowest BCUT2D eigenvalue weighted by Gasteiger charge is -2.17. The molecule has 0 saturated carbocycles. The molecule has 0 unspecified atom stereocenters. The summed E-state index contributed by atoms with van der Waals surface area (Å²) in [7, 11) is 1.58. The molecule has 26 heavy (non-hydrogen) atoms. The summed E-state index contributed by atoms with van der Waals surface area (Å²) in [6.45, 7) is 2.29. The number of methoxy groups -OCH3 is 1. The van der Waals surface area contributed by atoms with E-state index in [1.54, 1.807) is 32.2 Å². The number of ether oxygens (including phenoxy) is 3. The first-order valence-corrected chi connectivity index (χ1v) is 8.80. The number of azo groups is 1. The zero-order chi connectivity index (χ0) is 18.5. The molecular formula is C19H17BrN2O4. The molecule has 0 amide bonds. The molecule has 0 fully saturated rings. The first kappa shape index (κ1) is 18.1. The molecule has 0 aliphatic carbocycles. The maximum Gasteiger partial charge on any atom is 0.337 e. The first-order chi connectivity index (χ1) is 12.6. The van der Waals surface area contributed by atoms with Crippen LogP contribution in [0.4, 0.5) is 11.4 Å². The Kier molecular flexibility index (Phi) is 5.68. The van der Waals surface area contributed by atoms with Crippen molar-refractivity contribution in [2.75, 3.05) is 20.3 Å². The van der Waals surface area contributed by atoms with Crippen molar-refractivity contribution in [2.45, 2.75) is 6.92 Å². The molecule has 0 spiro atoms. The van der Waals surface area contributed by atoms with Gasteiger partial charge in [-0.1, -0.05) is 15.9 Å². The minimum atomic E-state index is -0.371. The summed E-state index contributed by atoms with van der Waals surface area (Å²) >= 11 is 3.39. The number of carbonyl (C=O) groups is 1. The van der Waals surface area contributed by atoms with Gasteiger partial charge in [0.15, 0.2) is 0 Å². The topological polar surface area (TPSA) is 69.5 Å². The van der Waals surface area contributed by atoms with E-state index < -0.39 is 0 Å². The average molecular weight is 417 g/mol. The van der Waals surface area contributed by atoms with Gasteiger partial charge >= 0.3 is 5.97 Å². The van der Waals surface area contributed by atoms with Crippen molar-refractivity contribution in [1.29, 1.82) is 0 Å². The first-order valence-electron chi connectivity index (χ1n) is 8.00. The maximum absolute atomic E-state index is 11.9. The van der Waals surface area contributed by atoms with Crippen LogP contribution in [0.25, 0.3) is 6.08 Å². The number of halogens is 1. The Hall–Kier alpha value is -2.67. The molecule has 0 radical (unpaired) electrons. The minimum absolute atomic E-state index is 0.197. The van der Waals surface area contributed by atoms with Crippen LogP contribution in [0.3, 0.4) is 0 Å². The van der Waals surface area contributed by atoms with Crippen LogP contribution in [-0.4, -0.2) is 26.3 Å². The van der Waals surface area contributed by atoms with E-state index in [1.807, 2.05) is 24.3 Å². The van der Waals surface area contributed by atoms with Gasteiger partial charge in [-0.05, 0) is 49.4 Å². The summed E-state index contributed by atoms with van der Waals surface area (Å²) in [6, 6.07) is 10.9. The van der Waals surface area contributed by atoms with Crippen molar-refractivity contribution in [3.63, 3.8) is 0 Å². The molecule has 7 heteroatoms. The second-order valence-corrected chi connectivity index (χ2v) is 6.33. The molecule has 0 aromatic heterocycles. The highest BCUT2D eigenvalue weighted by Gasteiger charge is 2.18.